The molecule has 0 aliphatic carbocycles. The van der Waals surface area contributed by atoms with E-state index in [1.165, 1.54) is 12.1 Å². The van der Waals surface area contributed by atoms with Crippen LogP contribution in [0.3, 0.4) is 0 Å². The molecule has 34 heavy (non-hydrogen) atoms. The second-order valence-electron chi connectivity index (χ2n) is 8.04. The third kappa shape index (κ3) is 4.49. The zero-order valence-corrected chi connectivity index (χ0v) is 18.4. The van der Waals surface area contributed by atoms with Gasteiger partial charge in [-0.2, -0.15) is 0 Å². The van der Waals surface area contributed by atoms with Crippen molar-refractivity contribution >= 4 is 22.9 Å². The minimum atomic E-state index is -1.03. The van der Waals surface area contributed by atoms with E-state index in [0.29, 0.717) is 47.7 Å². The molecule has 2 heterocycles. The SMILES string of the molecule is O=C(O)c1ccc2c(c1)nc(CCc1ccccc1)n2C(=O)CNCc1ccc2c(c1)OCO2. The first-order valence-electron chi connectivity index (χ1n) is 11.0. The molecule has 8 nitrogen and oxygen atoms in total. The van der Waals surface area contributed by atoms with E-state index in [9.17, 15) is 14.7 Å². The quantitative estimate of drug-likeness (QED) is 0.416. The molecule has 0 saturated carbocycles. The number of carboxylic acids is 1. The van der Waals surface area contributed by atoms with Gasteiger partial charge in [0.15, 0.2) is 11.5 Å². The van der Waals surface area contributed by atoms with Gasteiger partial charge in [-0.25, -0.2) is 9.78 Å². The van der Waals surface area contributed by atoms with E-state index in [1.54, 1.807) is 10.6 Å². The van der Waals surface area contributed by atoms with Crippen LogP contribution in [0.4, 0.5) is 0 Å². The van der Waals surface area contributed by atoms with Gasteiger partial charge in [0.05, 0.1) is 23.1 Å². The Morgan fingerprint density at radius 2 is 1.76 bits per heavy atom. The Balaban J connectivity index is 1.35. The third-order valence-corrected chi connectivity index (χ3v) is 5.74. The maximum Gasteiger partial charge on any atom is 0.335 e. The summed E-state index contributed by atoms with van der Waals surface area (Å²) in [7, 11) is 0. The summed E-state index contributed by atoms with van der Waals surface area (Å²) in [6.45, 7) is 0.796. The molecule has 4 aromatic rings. The number of nitrogens with one attached hydrogen (secondary N) is 1. The van der Waals surface area contributed by atoms with Crippen molar-refractivity contribution < 1.29 is 24.2 Å². The Hall–Kier alpha value is -4.17. The highest BCUT2D eigenvalue weighted by atomic mass is 16.7. The normalized spacial score (nSPS) is 12.2. The fourth-order valence-electron chi connectivity index (χ4n) is 4.05. The summed E-state index contributed by atoms with van der Waals surface area (Å²) >= 11 is 0. The maximum atomic E-state index is 13.2. The lowest BCUT2D eigenvalue weighted by Gasteiger charge is -2.10. The van der Waals surface area contributed by atoms with Crippen molar-refractivity contribution in [3.8, 4) is 11.5 Å². The number of ether oxygens (including phenoxy) is 2. The number of imidazole rings is 1. The van der Waals surface area contributed by atoms with Crippen molar-refractivity contribution in [1.29, 1.82) is 0 Å². The first-order chi connectivity index (χ1) is 16.6. The maximum absolute atomic E-state index is 13.2. The van der Waals surface area contributed by atoms with Gasteiger partial charge in [0, 0.05) is 13.0 Å². The van der Waals surface area contributed by atoms with Crippen LogP contribution in [0.2, 0.25) is 0 Å². The molecule has 172 valence electrons. The molecule has 0 amide bonds. The number of hydrogen-bond donors (Lipinski definition) is 2. The van der Waals surface area contributed by atoms with E-state index in [2.05, 4.69) is 10.3 Å². The summed E-state index contributed by atoms with van der Waals surface area (Å²) in [5, 5.41) is 12.5. The molecule has 5 rings (SSSR count). The fourth-order valence-corrected chi connectivity index (χ4v) is 4.05. The van der Waals surface area contributed by atoms with Crippen molar-refractivity contribution in [1.82, 2.24) is 14.9 Å². The molecule has 0 bridgehead atoms. The molecule has 2 N–H and O–H groups in total. The van der Waals surface area contributed by atoms with E-state index in [-0.39, 0.29) is 24.8 Å². The van der Waals surface area contributed by atoms with E-state index in [4.69, 9.17) is 9.47 Å². The molecule has 0 atom stereocenters. The van der Waals surface area contributed by atoms with Crippen molar-refractivity contribution in [3.63, 3.8) is 0 Å². The smallest absolute Gasteiger partial charge is 0.335 e. The van der Waals surface area contributed by atoms with Gasteiger partial charge in [0.25, 0.3) is 0 Å². The molecule has 3 aromatic carbocycles. The third-order valence-electron chi connectivity index (χ3n) is 5.74. The van der Waals surface area contributed by atoms with Gasteiger partial charge in [-0.15, -0.1) is 0 Å². The van der Waals surface area contributed by atoms with Crippen LogP contribution in [0.15, 0.2) is 66.7 Å². The number of aromatic carboxylic acids is 1. The molecule has 0 fully saturated rings. The number of fused-ring (bicyclic) bond motifs is 2. The first kappa shape index (κ1) is 21.7. The van der Waals surface area contributed by atoms with E-state index >= 15 is 0 Å². The molecule has 1 aliphatic rings. The fraction of sp³-hybridized carbons (Fsp3) is 0.192. The predicted octanol–water partition coefficient (Wildman–Crippen LogP) is 3.68. The summed E-state index contributed by atoms with van der Waals surface area (Å²) in [6, 6.07) is 20.3. The molecule has 0 saturated heterocycles. The zero-order valence-electron chi connectivity index (χ0n) is 18.4. The molecule has 0 radical (unpaired) electrons. The second-order valence-corrected chi connectivity index (χ2v) is 8.04. The Bertz CT molecular complexity index is 1360. The van der Waals surface area contributed by atoms with E-state index in [0.717, 1.165) is 11.1 Å². The number of aromatic nitrogens is 2. The predicted molar refractivity (Wildman–Crippen MR) is 125 cm³/mol. The van der Waals surface area contributed by atoms with Crippen molar-refractivity contribution in [2.45, 2.75) is 19.4 Å². The minimum absolute atomic E-state index is 0.0962. The molecule has 1 aromatic heterocycles. The minimum Gasteiger partial charge on any atom is -0.478 e. The number of carbonyl (C=O) groups excluding carboxylic acids is 1. The van der Waals surface area contributed by atoms with Gasteiger partial charge in [-0.3, -0.25) is 9.36 Å². The molecular formula is C26H23N3O5. The van der Waals surface area contributed by atoms with Crippen LogP contribution in [-0.4, -0.2) is 39.9 Å². The van der Waals surface area contributed by atoms with Crippen LogP contribution in [-0.2, 0) is 19.4 Å². The number of carbonyl (C=O) groups is 2. The monoisotopic (exact) mass is 457 g/mol. The average molecular weight is 457 g/mol. The summed E-state index contributed by atoms with van der Waals surface area (Å²) < 4.78 is 12.3. The Morgan fingerprint density at radius 1 is 0.941 bits per heavy atom. The molecule has 1 aliphatic heterocycles. The first-order valence-corrected chi connectivity index (χ1v) is 11.0. The van der Waals surface area contributed by atoms with Crippen molar-refractivity contribution in [3.05, 3.63) is 89.2 Å². The van der Waals surface area contributed by atoms with Crippen LogP contribution in [0.5, 0.6) is 11.5 Å². The van der Waals surface area contributed by atoms with Gasteiger partial charge in [-0.1, -0.05) is 36.4 Å². The molecular weight excluding hydrogens is 434 g/mol. The molecule has 0 spiro atoms. The van der Waals surface area contributed by atoms with Gasteiger partial charge >= 0.3 is 5.97 Å². The van der Waals surface area contributed by atoms with Crippen LogP contribution >= 0.6 is 0 Å². The Labute approximate surface area is 195 Å². The number of aryl methyl sites for hydroxylation is 2. The summed E-state index contributed by atoms with van der Waals surface area (Å²) in [5.41, 5.74) is 3.35. The van der Waals surface area contributed by atoms with Crippen LogP contribution in [0, 0.1) is 0 Å². The summed E-state index contributed by atoms with van der Waals surface area (Å²) in [6.07, 6.45) is 1.27. The molecule has 8 heteroatoms. The summed E-state index contributed by atoms with van der Waals surface area (Å²) in [5.74, 6) is 0.835. The van der Waals surface area contributed by atoms with Crippen molar-refractivity contribution in [2.24, 2.45) is 0 Å². The van der Waals surface area contributed by atoms with E-state index in [1.807, 2.05) is 48.5 Å². The topological polar surface area (TPSA) is 103 Å². The Morgan fingerprint density at radius 3 is 2.59 bits per heavy atom. The lowest BCUT2D eigenvalue weighted by Crippen LogP contribution is -2.28. The summed E-state index contributed by atoms with van der Waals surface area (Å²) in [4.78, 5) is 29.3. The number of rotatable bonds is 8. The lowest BCUT2D eigenvalue weighted by atomic mass is 10.1. The number of carboxylic acid groups (broad SMARTS) is 1. The number of nitrogens with zero attached hydrogens (tertiary/aromatic N) is 2. The highest BCUT2D eigenvalue weighted by Gasteiger charge is 2.19. The largest absolute Gasteiger partial charge is 0.478 e. The van der Waals surface area contributed by atoms with Gasteiger partial charge in [-0.05, 0) is 47.9 Å². The van der Waals surface area contributed by atoms with Gasteiger partial charge in [0.1, 0.15) is 5.82 Å². The standard InChI is InChI=1S/C26H23N3O5/c30-25(15-27-14-18-6-10-22-23(12-18)34-16-33-22)29-21-9-8-19(26(31)32)13-20(21)28-24(29)11-7-17-4-2-1-3-5-17/h1-6,8-10,12-13,27H,7,11,14-16H2,(H,31,32). The van der Waals surface area contributed by atoms with Gasteiger partial charge < -0.3 is 19.9 Å². The van der Waals surface area contributed by atoms with Crippen molar-refractivity contribution in [2.75, 3.05) is 13.3 Å². The van der Waals surface area contributed by atoms with Gasteiger partial charge in [0.2, 0.25) is 12.7 Å². The van der Waals surface area contributed by atoms with E-state index < -0.39 is 5.97 Å². The van der Waals surface area contributed by atoms with Crippen LogP contribution in [0.1, 0.15) is 32.1 Å². The second kappa shape index (κ2) is 9.36. The highest BCUT2D eigenvalue weighted by Crippen LogP contribution is 2.32. The average Bonchev–Trinajstić information content (AvgIpc) is 3.46. The molecule has 0 unspecified atom stereocenters. The van der Waals surface area contributed by atoms with Crippen LogP contribution < -0.4 is 14.8 Å². The van der Waals surface area contributed by atoms with Crippen LogP contribution in [0.25, 0.3) is 11.0 Å². The number of hydrogen-bond acceptors (Lipinski definition) is 6. The number of benzene rings is 3. The highest BCUT2D eigenvalue weighted by molar-refractivity contribution is 5.96. The zero-order chi connectivity index (χ0) is 23.5. The lowest BCUT2D eigenvalue weighted by molar-refractivity contribution is 0.0696. The Kier molecular flexibility index (Phi) is 5.97.